The molecule has 0 aliphatic carbocycles. The van der Waals surface area contributed by atoms with E-state index in [1.165, 1.54) is 27.4 Å². The maximum Gasteiger partial charge on any atom is 0.192 e. The van der Waals surface area contributed by atoms with Crippen LogP contribution in [0.15, 0.2) is 10.5 Å². The molecule has 5 nitrogen and oxygen atoms in total. The molecule has 0 aliphatic rings. The quantitative estimate of drug-likeness (QED) is 0.843. The van der Waals surface area contributed by atoms with Crippen molar-refractivity contribution in [2.24, 2.45) is 0 Å². The number of carbonyl (C=O) groups is 1. The molecule has 0 bridgehead atoms. The third kappa shape index (κ3) is 2.70. The van der Waals surface area contributed by atoms with E-state index in [1.807, 2.05) is 0 Å². The summed E-state index contributed by atoms with van der Waals surface area (Å²) in [5.41, 5.74) is 0.122. The van der Waals surface area contributed by atoms with Crippen LogP contribution in [0.5, 0.6) is 17.2 Å². The number of benzene rings is 1. The van der Waals surface area contributed by atoms with Crippen molar-refractivity contribution in [2.45, 2.75) is 0 Å². The second-order valence-corrected chi connectivity index (χ2v) is 3.97. The molecule has 1 rings (SSSR count). The highest BCUT2D eigenvalue weighted by Crippen LogP contribution is 2.43. The Balaban J connectivity index is 3.34. The fourth-order valence-electron chi connectivity index (χ4n) is 1.36. The largest absolute Gasteiger partial charge is 0.506 e. The number of methoxy groups -OCH3 is 3. The summed E-state index contributed by atoms with van der Waals surface area (Å²) in [5, 5.41) is 9.87. The monoisotopic (exact) mass is 304 g/mol. The van der Waals surface area contributed by atoms with Crippen LogP contribution < -0.4 is 9.47 Å². The normalized spacial score (nSPS) is 10.1. The molecule has 1 aromatic rings. The average Bonchev–Trinajstić information content (AvgIpc) is 2.32. The molecule has 0 aromatic heterocycles. The summed E-state index contributed by atoms with van der Waals surface area (Å²) in [7, 11) is 4.30. The molecule has 0 amide bonds. The minimum absolute atomic E-state index is 0.116. The molecule has 0 atom stereocenters. The molecule has 6 heteroatoms. The van der Waals surface area contributed by atoms with E-state index < -0.39 is 0 Å². The van der Waals surface area contributed by atoms with Gasteiger partial charge in [0.05, 0.1) is 19.8 Å². The molecule has 94 valence electrons. The smallest absolute Gasteiger partial charge is 0.192 e. The maximum absolute atomic E-state index is 11.7. The van der Waals surface area contributed by atoms with Crippen LogP contribution in [-0.2, 0) is 4.74 Å². The standard InChI is InChI=1S/C11H13BrO5/c1-15-5-7(13)6-4-8(16-2)11(17-3)9(12)10(6)14/h4,14H,5H2,1-3H3. The molecule has 0 heterocycles. The number of ether oxygens (including phenoxy) is 3. The van der Waals surface area contributed by atoms with Crippen LogP contribution in [0.2, 0.25) is 0 Å². The summed E-state index contributed by atoms with van der Waals surface area (Å²) >= 11 is 3.15. The lowest BCUT2D eigenvalue weighted by Gasteiger charge is -2.13. The van der Waals surface area contributed by atoms with Gasteiger partial charge in [-0.1, -0.05) is 0 Å². The van der Waals surface area contributed by atoms with Crippen LogP contribution in [0.1, 0.15) is 10.4 Å². The molecular formula is C11H13BrO5. The first kappa shape index (κ1) is 13.8. The first-order valence-electron chi connectivity index (χ1n) is 4.72. The van der Waals surface area contributed by atoms with Gasteiger partial charge in [0.1, 0.15) is 16.8 Å². The molecule has 0 saturated heterocycles. The summed E-state index contributed by atoms with van der Waals surface area (Å²) in [6, 6.07) is 1.42. The second-order valence-electron chi connectivity index (χ2n) is 3.18. The van der Waals surface area contributed by atoms with Crippen LogP contribution in [0.3, 0.4) is 0 Å². The summed E-state index contributed by atoms with van der Waals surface area (Å²) in [5.74, 6) is 0.159. The lowest BCUT2D eigenvalue weighted by atomic mass is 10.1. The summed E-state index contributed by atoms with van der Waals surface area (Å²) in [4.78, 5) is 11.7. The topological polar surface area (TPSA) is 65.0 Å². The minimum Gasteiger partial charge on any atom is -0.506 e. The van der Waals surface area contributed by atoms with Crippen molar-refractivity contribution in [3.8, 4) is 17.2 Å². The molecule has 0 radical (unpaired) electrons. The van der Waals surface area contributed by atoms with E-state index in [4.69, 9.17) is 14.2 Å². The zero-order valence-electron chi connectivity index (χ0n) is 9.74. The van der Waals surface area contributed by atoms with Gasteiger partial charge in [0.15, 0.2) is 17.3 Å². The number of hydrogen-bond acceptors (Lipinski definition) is 5. The first-order chi connectivity index (χ1) is 8.06. The molecule has 0 aliphatic heterocycles. The van der Waals surface area contributed by atoms with Gasteiger partial charge >= 0.3 is 0 Å². The van der Waals surface area contributed by atoms with Crippen LogP contribution in [0.25, 0.3) is 0 Å². The lowest BCUT2D eigenvalue weighted by Crippen LogP contribution is -2.08. The Kier molecular flexibility index (Phi) is 4.77. The third-order valence-corrected chi connectivity index (χ3v) is 2.90. The van der Waals surface area contributed by atoms with Crippen molar-refractivity contribution >= 4 is 21.7 Å². The highest BCUT2D eigenvalue weighted by Gasteiger charge is 2.21. The molecule has 1 aromatic carbocycles. The summed E-state index contributed by atoms with van der Waals surface area (Å²) in [6.45, 7) is -0.116. The number of rotatable bonds is 5. The van der Waals surface area contributed by atoms with Gasteiger partial charge in [-0.05, 0) is 22.0 Å². The number of hydrogen-bond donors (Lipinski definition) is 1. The Hall–Kier alpha value is -1.27. The fourth-order valence-corrected chi connectivity index (χ4v) is 1.93. The molecular weight excluding hydrogens is 292 g/mol. The van der Waals surface area contributed by atoms with E-state index >= 15 is 0 Å². The zero-order chi connectivity index (χ0) is 13.0. The third-order valence-electron chi connectivity index (χ3n) is 2.16. The van der Waals surface area contributed by atoms with E-state index in [0.717, 1.165) is 0 Å². The van der Waals surface area contributed by atoms with Gasteiger partial charge in [0.2, 0.25) is 0 Å². The number of ketones is 1. The number of carbonyl (C=O) groups excluding carboxylic acids is 1. The van der Waals surface area contributed by atoms with Gasteiger partial charge in [-0.2, -0.15) is 0 Å². The fraction of sp³-hybridized carbons (Fsp3) is 0.364. The number of phenolic OH excluding ortho intramolecular Hbond substituents is 1. The average molecular weight is 305 g/mol. The number of Topliss-reactive ketones (excluding diaryl/α,β-unsaturated/α-hetero) is 1. The van der Waals surface area contributed by atoms with Crippen LogP contribution in [0.4, 0.5) is 0 Å². The van der Waals surface area contributed by atoms with Gasteiger partial charge in [-0.3, -0.25) is 4.79 Å². The molecule has 0 spiro atoms. The van der Waals surface area contributed by atoms with Crippen molar-refractivity contribution in [3.05, 3.63) is 16.1 Å². The Morgan fingerprint density at radius 3 is 2.47 bits per heavy atom. The highest BCUT2D eigenvalue weighted by atomic mass is 79.9. The Labute approximate surface area is 107 Å². The van der Waals surface area contributed by atoms with Crippen molar-refractivity contribution in [1.82, 2.24) is 0 Å². The SMILES string of the molecule is COCC(=O)c1cc(OC)c(OC)c(Br)c1O. The van der Waals surface area contributed by atoms with E-state index in [0.29, 0.717) is 11.5 Å². The predicted molar refractivity (Wildman–Crippen MR) is 65.1 cm³/mol. The van der Waals surface area contributed by atoms with Crippen molar-refractivity contribution in [2.75, 3.05) is 27.9 Å². The van der Waals surface area contributed by atoms with Gasteiger partial charge in [-0.25, -0.2) is 0 Å². The van der Waals surface area contributed by atoms with Crippen LogP contribution >= 0.6 is 15.9 Å². The molecule has 0 fully saturated rings. The van der Waals surface area contributed by atoms with Crippen molar-refractivity contribution < 1.29 is 24.1 Å². The summed E-state index contributed by atoms with van der Waals surface area (Å²) < 4.78 is 15.2. The number of halogens is 1. The number of phenols is 1. The molecule has 17 heavy (non-hydrogen) atoms. The van der Waals surface area contributed by atoms with Gasteiger partial charge < -0.3 is 19.3 Å². The molecule has 0 saturated carbocycles. The van der Waals surface area contributed by atoms with Crippen molar-refractivity contribution in [1.29, 1.82) is 0 Å². The minimum atomic E-state index is -0.341. The van der Waals surface area contributed by atoms with E-state index in [-0.39, 0.29) is 28.2 Å². The van der Waals surface area contributed by atoms with E-state index in [2.05, 4.69) is 15.9 Å². The van der Waals surface area contributed by atoms with E-state index in [9.17, 15) is 9.90 Å². The van der Waals surface area contributed by atoms with Crippen LogP contribution in [-0.4, -0.2) is 38.8 Å². The predicted octanol–water partition coefficient (Wildman–Crippen LogP) is 2.00. The Bertz CT molecular complexity index is 430. The lowest BCUT2D eigenvalue weighted by molar-refractivity contribution is 0.0844. The Morgan fingerprint density at radius 2 is 2.00 bits per heavy atom. The second kappa shape index (κ2) is 5.88. The van der Waals surface area contributed by atoms with Gasteiger partial charge in [-0.15, -0.1) is 0 Å². The zero-order valence-corrected chi connectivity index (χ0v) is 11.3. The summed E-state index contributed by atoms with van der Waals surface area (Å²) in [6.07, 6.45) is 0. The Morgan fingerprint density at radius 1 is 1.35 bits per heavy atom. The van der Waals surface area contributed by atoms with Gasteiger partial charge in [0, 0.05) is 7.11 Å². The van der Waals surface area contributed by atoms with Crippen molar-refractivity contribution in [3.63, 3.8) is 0 Å². The molecule has 1 N–H and O–H groups in total. The highest BCUT2D eigenvalue weighted by molar-refractivity contribution is 9.10. The van der Waals surface area contributed by atoms with E-state index in [1.54, 1.807) is 0 Å². The maximum atomic E-state index is 11.7. The van der Waals surface area contributed by atoms with Crippen LogP contribution in [0, 0.1) is 0 Å². The first-order valence-corrected chi connectivity index (χ1v) is 5.51. The molecule has 0 unspecified atom stereocenters. The van der Waals surface area contributed by atoms with Gasteiger partial charge in [0.25, 0.3) is 0 Å². The number of aromatic hydroxyl groups is 1.